The number of aromatic nitrogens is 3. The fourth-order valence-electron chi connectivity index (χ4n) is 3.40. The first kappa shape index (κ1) is 15.2. The van der Waals surface area contributed by atoms with Gasteiger partial charge in [-0.3, -0.25) is 4.90 Å². The Morgan fingerprint density at radius 3 is 2.55 bits per heavy atom. The van der Waals surface area contributed by atoms with E-state index in [0.29, 0.717) is 12.1 Å². The van der Waals surface area contributed by atoms with Gasteiger partial charge in [-0.1, -0.05) is 6.07 Å². The van der Waals surface area contributed by atoms with Gasteiger partial charge in [0.05, 0.1) is 5.69 Å². The van der Waals surface area contributed by atoms with Gasteiger partial charge in [-0.25, -0.2) is 9.67 Å². The Balaban J connectivity index is 1.84. The molecule has 2 aromatic rings. The third kappa shape index (κ3) is 3.05. The van der Waals surface area contributed by atoms with Crippen LogP contribution in [0.3, 0.4) is 0 Å². The summed E-state index contributed by atoms with van der Waals surface area (Å²) in [6, 6.07) is 7.00. The van der Waals surface area contributed by atoms with Crippen LogP contribution in [0, 0.1) is 13.8 Å². The molecule has 1 aliphatic rings. The molecule has 2 aromatic heterocycles. The quantitative estimate of drug-likeness (QED) is 0.942. The van der Waals surface area contributed by atoms with Crippen molar-refractivity contribution in [2.45, 2.75) is 46.3 Å². The maximum atomic E-state index is 4.70. The van der Waals surface area contributed by atoms with Crippen LogP contribution >= 0.6 is 0 Å². The summed E-state index contributed by atoms with van der Waals surface area (Å²) in [7, 11) is 0. The standard InChI is InChI=1S/C17H25N5/c1-12-9-21(10-13(2)19-12)11-16-14(3)20-22(15(16)4)17-7-5-6-8-18-17/h5-8,12-13,19H,9-11H2,1-4H3. The fourth-order valence-corrected chi connectivity index (χ4v) is 3.40. The maximum Gasteiger partial charge on any atom is 0.153 e. The average Bonchev–Trinajstić information content (AvgIpc) is 2.75. The fraction of sp³-hybridized carbons (Fsp3) is 0.529. The Bertz CT molecular complexity index is 624. The number of pyridine rings is 1. The van der Waals surface area contributed by atoms with Crippen LogP contribution in [0.2, 0.25) is 0 Å². The predicted octanol–water partition coefficient (Wildman–Crippen LogP) is 2.07. The number of rotatable bonds is 3. The average molecular weight is 299 g/mol. The van der Waals surface area contributed by atoms with Crippen molar-refractivity contribution in [1.82, 2.24) is 25.0 Å². The van der Waals surface area contributed by atoms with Crippen LogP contribution in [0.15, 0.2) is 24.4 Å². The van der Waals surface area contributed by atoms with E-state index in [1.54, 1.807) is 0 Å². The zero-order chi connectivity index (χ0) is 15.7. The van der Waals surface area contributed by atoms with Crippen molar-refractivity contribution in [3.63, 3.8) is 0 Å². The highest BCUT2D eigenvalue weighted by molar-refractivity contribution is 5.32. The lowest BCUT2D eigenvalue weighted by atomic mass is 10.1. The van der Waals surface area contributed by atoms with E-state index in [1.165, 1.54) is 11.3 Å². The van der Waals surface area contributed by atoms with Crippen LogP contribution in [-0.4, -0.2) is 44.8 Å². The number of hydrogen-bond donors (Lipinski definition) is 1. The van der Waals surface area contributed by atoms with Gasteiger partial charge in [-0.05, 0) is 39.8 Å². The molecule has 3 rings (SSSR count). The van der Waals surface area contributed by atoms with Crippen molar-refractivity contribution in [1.29, 1.82) is 0 Å². The molecular formula is C17H25N5. The van der Waals surface area contributed by atoms with Gasteiger partial charge in [0.15, 0.2) is 5.82 Å². The number of nitrogens with one attached hydrogen (secondary N) is 1. The molecule has 22 heavy (non-hydrogen) atoms. The Hall–Kier alpha value is -1.72. The normalized spacial score (nSPS) is 22.9. The molecule has 1 aliphatic heterocycles. The summed E-state index contributed by atoms with van der Waals surface area (Å²) in [5.74, 6) is 0.886. The van der Waals surface area contributed by atoms with Crippen LogP contribution < -0.4 is 5.32 Å². The molecule has 1 N–H and O–H groups in total. The van der Waals surface area contributed by atoms with Crippen LogP contribution in [0.1, 0.15) is 30.8 Å². The Kier molecular flexibility index (Phi) is 4.27. The summed E-state index contributed by atoms with van der Waals surface area (Å²) < 4.78 is 1.96. The van der Waals surface area contributed by atoms with E-state index in [2.05, 4.69) is 42.9 Å². The van der Waals surface area contributed by atoms with Gasteiger partial charge in [0.2, 0.25) is 0 Å². The van der Waals surface area contributed by atoms with Gasteiger partial charge in [0, 0.05) is 49.2 Å². The zero-order valence-corrected chi connectivity index (χ0v) is 13.9. The van der Waals surface area contributed by atoms with Crippen LogP contribution in [0.25, 0.3) is 5.82 Å². The first-order chi connectivity index (χ1) is 10.5. The maximum absolute atomic E-state index is 4.70. The molecule has 118 valence electrons. The second-order valence-electron chi connectivity index (χ2n) is 6.41. The molecule has 0 aromatic carbocycles. The summed E-state index contributed by atoms with van der Waals surface area (Å²) in [6.07, 6.45) is 1.81. The van der Waals surface area contributed by atoms with Crippen LogP contribution in [0.5, 0.6) is 0 Å². The summed E-state index contributed by atoms with van der Waals surface area (Å²) in [5, 5.41) is 8.28. The molecule has 5 nitrogen and oxygen atoms in total. The number of piperazine rings is 1. The third-order valence-corrected chi connectivity index (χ3v) is 4.32. The number of aryl methyl sites for hydroxylation is 1. The van der Waals surface area contributed by atoms with E-state index in [4.69, 9.17) is 5.10 Å². The van der Waals surface area contributed by atoms with Gasteiger partial charge < -0.3 is 5.32 Å². The van der Waals surface area contributed by atoms with Crippen molar-refractivity contribution < 1.29 is 0 Å². The van der Waals surface area contributed by atoms with E-state index in [1.807, 2.05) is 29.1 Å². The molecule has 1 fully saturated rings. The van der Waals surface area contributed by atoms with Crippen molar-refractivity contribution in [3.8, 4) is 5.82 Å². The molecule has 2 unspecified atom stereocenters. The molecular weight excluding hydrogens is 274 g/mol. The molecule has 0 spiro atoms. The zero-order valence-electron chi connectivity index (χ0n) is 13.9. The van der Waals surface area contributed by atoms with Crippen LogP contribution in [-0.2, 0) is 6.54 Å². The van der Waals surface area contributed by atoms with Crippen molar-refractivity contribution in [3.05, 3.63) is 41.3 Å². The summed E-state index contributed by atoms with van der Waals surface area (Å²) >= 11 is 0. The molecule has 2 atom stereocenters. The second kappa shape index (κ2) is 6.18. The Morgan fingerprint density at radius 1 is 1.18 bits per heavy atom. The lowest BCUT2D eigenvalue weighted by Gasteiger charge is -2.36. The first-order valence-electron chi connectivity index (χ1n) is 7.99. The second-order valence-corrected chi connectivity index (χ2v) is 6.41. The van der Waals surface area contributed by atoms with Gasteiger partial charge in [0.25, 0.3) is 0 Å². The Morgan fingerprint density at radius 2 is 1.91 bits per heavy atom. The van der Waals surface area contributed by atoms with Gasteiger partial charge in [0.1, 0.15) is 0 Å². The summed E-state index contributed by atoms with van der Waals surface area (Å²) in [4.78, 5) is 6.93. The topological polar surface area (TPSA) is 46.0 Å². The van der Waals surface area contributed by atoms with Crippen molar-refractivity contribution in [2.75, 3.05) is 13.1 Å². The van der Waals surface area contributed by atoms with E-state index < -0.39 is 0 Å². The van der Waals surface area contributed by atoms with E-state index in [0.717, 1.165) is 31.1 Å². The van der Waals surface area contributed by atoms with E-state index in [9.17, 15) is 0 Å². The predicted molar refractivity (Wildman–Crippen MR) is 88.2 cm³/mol. The lowest BCUT2D eigenvalue weighted by molar-refractivity contribution is 0.166. The molecule has 3 heterocycles. The van der Waals surface area contributed by atoms with Gasteiger partial charge >= 0.3 is 0 Å². The summed E-state index contributed by atoms with van der Waals surface area (Å²) in [6.45, 7) is 11.9. The minimum absolute atomic E-state index is 0.537. The first-order valence-corrected chi connectivity index (χ1v) is 7.99. The molecule has 0 bridgehead atoms. The third-order valence-electron chi connectivity index (χ3n) is 4.32. The van der Waals surface area contributed by atoms with E-state index in [-0.39, 0.29) is 0 Å². The van der Waals surface area contributed by atoms with E-state index >= 15 is 0 Å². The largest absolute Gasteiger partial charge is 0.309 e. The monoisotopic (exact) mass is 299 g/mol. The number of hydrogen-bond acceptors (Lipinski definition) is 4. The highest BCUT2D eigenvalue weighted by atomic mass is 15.3. The van der Waals surface area contributed by atoms with Gasteiger partial charge in [-0.15, -0.1) is 0 Å². The molecule has 1 saturated heterocycles. The molecule has 0 radical (unpaired) electrons. The smallest absolute Gasteiger partial charge is 0.153 e. The number of nitrogens with zero attached hydrogens (tertiary/aromatic N) is 4. The van der Waals surface area contributed by atoms with Crippen molar-refractivity contribution >= 4 is 0 Å². The SMILES string of the molecule is Cc1nn(-c2ccccn2)c(C)c1CN1CC(C)NC(C)C1. The van der Waals surface area contributed by atoms with Gasteiger partial charge in [-0.2, -0.15) is 5.10 Å². The molecule has 0 saturated carbocycles. The highest BCUT2D eigenvalue weighted by Crippen LogP contribution is 2.19. The van der Waals surface area contributed by atoms with Crippen LogP contribution in [0.4, 0.5) is 0 Å². The van der Waals surface area contributed by atoms with Crippen molar-refractivity contribution in [2.24, 2.45) is 0 Å². The minimum Gasteiger partial charge on any atom is -0.309 e. The molecule has 0 aliphatic carbocycles. The summed E-state index contributed by atoms with van der Waals surface area (Å²) in [5.41, 5.74) is 3.61. The molecule has 5 heteroatoms. The lowest BCUT2D eigenvalue weighted by Crippen LogP contribution is -2.53. The molecule has 0 amide bonds. The minimum atomic E-state index is 0.537. The Labute approximate surface area is 132 Å². The highest BCUT2D eigenvalue weighted by Gasteiger charge is 2.23.